The summed E-state index contributed by atoms with van der Waals surface area (Å²) in [6.45, 7) is 3.05. The number of methoxy groups -OCH3 is 1. The zero-order valence-corrected chi connectivity index (χ0v) is 17.9. The Bertz CT molecular complexity index is 1040. The van der Waals surface area contributed by atoms with Crippen molar-refractivity contribution in [3.8, 4) is 5.75 Å². The van der Waals surface area contributed by atoms with Gasteiger partial charge in [-0.25, -0.2) is 4.39 Å². The Morgan fingerprint density at radius 3 is 2.55 bits per heavy atom. The van der Waals surface area contributed by atoms with Crippen LogP contribution >= 0.6 is 11.3 Å². The number of nitrogens with one attached hydrogen (secondary N) is 2. The summed E-state index contributed by atoms with van der Waals surface area (Å²) in [4.78, 5) is 26.7. The van der Waals surface area contributed by atoms with Crippen molar-refractivity contribution in [3.05, 3.63) is 64.4 Å². The Morgan fingerprint density at radius 1 is 1.10 bits per heavy atom. The molecular formula is C21H22FN5O3S. The van der Waals surface area contributed by atoms with Crippen LogP contribution in [0.3, 0.4) is 0 Å². The predicted molar refractivity (Wildman–Crippen MR) is 117 cm³/mol. The molecule has 0 unspecified atom stereocenters. The van der Waals surface area contributed by atoms with Crippen molar-refractivity contribution in [2.45, 2.75) is 13.5 Å². The molecule has 0 aliphatic carbocycles. The largest absolute Gasteiger partial charge is 0.495 e. The maximum atomic E-state index is 13.0. The van der Waals surface area contributed by atoms with E-state index in [-0.39, 0.29) is 23.3 Å². The van der Waals surface area contributed by atoms with Gasteiger partial charge in [-0.3, -0.25) is 14.5 Å². The van der Waals surface area contributed by atoms with Gasteiger partial charge in [-0.2, -0.15) is 0 Å². The number of carbonyl (C=O) groups excluding carboxylic acids is 2. The maximum Gasteiger partial charge on any atom is 0.286 e. The van der Waals surface area contributed by atoms with Crippen molar-refractivity contribution in [1.29, 1.82) is 0 Å². The van der Waals surface area contributed by atoms with E-state index in [0.717, 1.165) is 11.3 Å². The highest BCUT2D eigenvalue weighted by Crippen LogP contribution is 2.23. The Balaban J connectivity index is 1.56. The normalized spacial score (nSPS) is 10.7. The van der Waals surface area contributed by atoms with Crippen molar-refractivity contribution in [3.63, 3.8) is 0 Å². The maximum absolute atomic E-state index is 13.0. The second-order valence-electron chi connectivity index (χ2n) is 6.51. The summed E-state index contributed by atoms with van der Waals surface area (Å²) < 4.78 is 18.2. The van der Waals surface area contributed by atoms with Crippen molar-refractivity contribution in [2.75, 3.05) is 30.8 Å². The molecule has 0 aliphatic rings. The van der Waals surface area contributed by atoms with Gasteiger partial charge < -0.3 is 15.4 Å². The van der Waals surface area contributed by atoms with Gasteiger partial charge in [-0.15, -0.1) is 10.2 Å². The molecule has 1 aromatic heterocycles. The van der Waals surface area contributed by atoms with Crippen molar-refractivity contribution in [2.24, 2.45) is 0 Å². The molecule has 162 valence electrons. The Morgan fingerprint density at radius 2 is 1.84 bits per heavy atom. The van der Waals surface area contributed by atoms with Crippen LogP contribution in [-0.4, -0.2) is 47.1 Å². The van der Waals surface area contributed by atoms with E-state index in [1.165, 1.54) is 24.3 Å². The van der Waals surface area contributed by atoms with Gasteiger partial charge in [-0.1, -0.05) is 30.4 Å². The SMILES string of the molecule is CCN(CC(=O)Nc1ccccc1OC)Cc1nnc(C(=O)Nc2ccc(F)cc2)s1. The second kappa shape index (κ2) is 10.6. The molecule has 0 atom stereocenters. The highest BCUT2D eigenvalue weighted by atomic mass is 32.1. The fraction of sp³-hybridized carbons (Fsp3) is 0.238. The number of anilines is 2. The van der Waals surface area contributed by atoms with E-state index in [4.69, 9.17) is 4.74 Å². The zero-order chi connectivity index (χ0) is 22.2. The number of halogens is 1. The molecule has 3 rings (SSSR count). The highest BCUT2D eigenvalue weighted by molar-refractivity contribution is 7.13. The molecule has 3 aromatic rings. The first-order valence-corrected chi connectivity index (χ1v) is 10.3. The van der Waals surface area contributed by atoms with Gasteiger partial charge >= 0.3 is 0 Å². The minimum Gasteiger partial charge on any atom is -0.495 e. The van der Waals surface area contributed by atoms with Gasteiger partial charge in [-0.05, 0) is 42.9 Å². The van der Waals surface area contributed by atoms with Gasteiger partial charge in [0.1, 0.15) is 16.6 Å². The predicted octanol–water partition coefficient (Wildman–Crippen LogP) is 3.40. The summed E-state index contributed by atoms with van der Waals surface area (Å²) in [7, 11) is 1.54. The molecule has 0 saturated heterocycles. The first-order chi connectivity index (χ1) is 15.0. The number of ether oxygens (including phenoxy) is 1. The molecule has 0 radical (unpaired) electrons. The quantitative estimate of drug-likeness (QED) is 0.526. The zero-order valence-electron chi connectivity index (χ0n) is 17.1. The summed E-state index contributed by atoms with van der Waals surface area (Å²) >= 11 is 1.14. The van der Waals surface area contributed by atoms with Crippen molar-refractivity contribution < 1.29 is 18.7 Å². The third-order valence-corrected chi connectivity index (χ3v) is 5.22. The van der Waals surface area contributed by atoms with E-state index < -0.39 is 5.91 Å². The first kappa shape index (κ1) is 22.3. The molecular weight excluding hydrogens is 421 g/mol. The van der Waals surface area contributed by atoms with Crippen LogP contribution in [0.2, 0.25) is 0 Å². The van der Waals surface area contributed by atoms with Gasteiger partial charge in [0.25, 0.3) is 5.91 Å². The molecule has 10 heteroatoms. The van der Waals surface area contributed by atoms with Crippen LogP contribution in [0.25, 0.3) is 0 Å². The topological polar surface area (TPSA) is 96.5 Å². The lowest BCUT2D eigenvalue weighted by atomic mass is 10.3. The van der Waals surface area contributed by atoms with Crippen LogP contribution in [-0.2, 0) is 11.3 Å². The number of amides is 2. The summed E-state index contributed by atoms with van der Waals surface area (Å²) in [6.07, 6.45) is 0. The van der Waals surface area contributed by atoms with Crippen LogP contribution in [0.15, 0.2) is 48.5 Å². The van der Waals surface area contributed by atoms with Gasteiger partial charge in [0, 0.05) is 5.69 Å². The molecule has 0 spiro atoms. The van der Waals surface area contributed by atoms with E-state index in [0.29, 0.717) is 35.2 Å². The number of rotatable bonds is 9. The van der Waals surface area contributed by atoms with E-state index in [2.05, 4.69) is 20.8 Å². The number of aromatic nitrogens is 2. The van der Waals surface area contributed by atoms with Gasteiger partial charge in [0.15, 0.2) is 0 Å². The summed E-state index contributed by atoms with van der Waals surface area (Å²) in [5.74, 6) is -0.414. The molecule has 0 aliphatic heterocycles. The van der Waals surface area contributed by atoms with Crippen LogP contribution in [0.4, 0.5) is 15.8 Å². The average Bonchev–Trinajstić information content (AvgIpc) is 3.24. The van der Waals surface area contributed by atoms with Crippen LogP contribution < -0.4 is 15.4 Å². The number of benzene rings is 2. The third-order valence-electron chi connectivity index (χ3n) is 4.32. The van der Waals surface area contributed by atoms with Crippen molar-refractivity contribution in [1.82, 2.24) is 15.1 Å². The molecule has 1 heterocycles. The number of hydrogen-bond acceptors (Lipinski definition) is 7. The molecule has 0 fully saturated rings. The smallest absolute Gasteiger partial charge is 0.286 e. The average molecular weight is 444 g/mol. The van der Waals surface area contributed by atoms with Crippen LogP contribution in [0.5, 0.6) is 5.75 Å². The Hall–Kier alpha value is -3.37. The Kier molecular flexibility index (Phi) is 7.63. The molecule has 2 N–H and O–H groups in total. The molecule has 2 aromatic carbocycles. The monoisotopic (exact) mass is 443 g/mol. The lowest BCUT2D eigenvalue weighted by molar-refractivity contribution is -0.117. The van der Waals surface area contributed by atoms with Crippen molar-refractivity contribution >= 4 is 34.5 Å². The molecule has 8 nitrogen and oxygen atoms in total. The lowest BCUT2D eigenvalue weighted by Crippen LogP contribution is -2.32. The number of likely N-dealkylation sites (N-methyl/N-ethyl adjacent to an activating group) is 1. The summed E-state index contributed by atoms with van der Waals surface area (Å²) in [6, 6.07) is 12.6. The van der Waals surface area contributed by atoms with Gasteiger partial charge in [0.05, 0.1) is 25.9 Å². The summed E-state index contributed by atoms with van der Waals surface area (Å²) in [5.41, 5.74) is 1.06. The van der Waals surface area contributed by atoms with E-state index in [1.54, 1.807) is 19.2 Å². The third kappa shape index (κ3) is 6.30. The van der Waals surface area contributed by atoms with Crippen LogP contribution in [0.1, 0.15) is 21.7 Å². The lowest BCUT2D eigenvalue weighted by Gasteiger charge is -2.18. The van der Waals surface area contributed by atoms with E-state index in [9.17, 15) is 14.0 Å². The number of nitrogens with zero attached hydrogens (tertiary/aromatic N) is 3. The number of para-hydroxylation sites is 2. The molecule has 0 bridgehead atoms. The Labute approximate surface area is 183 Å². The first-order valence-electron chi connectivity index (χ1n) is 9.53. The van der Waals surface area contributed by atoms with E-state index in [1.807, 2.05) is 24.0 Å². The minimum atomic E-state index is -0.424. The second-order valence-corrected chi connectivity index (χ2v) is 7.58. The van der Waals surface area contributed by atoms with Crippen LogP contribution in [0, 0.1) is 5.82 Å². The minimum absolute atomic E-state index is 0.144. The summed E-state index contributed by atoms with van der Waals surface area (Å²) in [5, 5.41) is 14.3. The fourth-order valence-electron chi connectivity index (χ4n) is 2.74. The molecule has 0 saturated carbocycles. The van der Waals surface area contributed by atoms with E-state index >= 15 is 0 Å². The molecule has 2 amide bonds. The van der Waals surface area contributed by atoms with Gasteiger partial charge in [0.2, 0.25) is 10.9 Å². The fourth-order valence-corrected chi connectivity index (χ4v) is 3.52. The number of hydrogen-bond donors (Lipinski definition) is 2. The highest BCUT2D eigenvalue weighted by Gasteiger charge is 2.17. The molecule has 31 heavy (non-hydrogen) atoms. The number of carbonyl (C=O) groups is 2. The standard InChI is InChI=1S/C21H22FN5O3S/c1-3-27(12-18(28)24-16-6-4-5-7-17(16)30-2)13-19-25-26-21(31-19)20(29)23-15-10-8-14(22)9-11-15/h4-11H,3,12-13H2,1-2H3,(H,23,29)(H,24,28).